The van der Waals surface area contributed by atoms with Crippen LogP contribution >= 0.6 is 12.2 Å². The summed E-state index contributed by atoms with van der Waals surface area (Å²) in [5, 5.41) is 2.86. The molecular weight excluding hydrogens is 246 g/mol. The number of para-hydroxylation sites is 1. The van der Waals surface area contributed by atoms with Crippen LogP contribution in [0.5, 0.6) is 0 Å². The van der Waals surface area contributed by atoms with Gasteiger partial charge < -0.3 is 11.1 Å². The Kier molecular flexibility index (Phi) is 3.93. The number of likely N-dealkylation sites (N-methyl/N-ethyl adjacent to an activating group) is 1. The van der Waals surface area contributed by atoms with Gasteiger partial charge in [0, 0.05) is 11.6 Å². The van der Waals surface area contributed by atoms with Crippen LogP contribution in [-0.2, 0) is 4.79 Å². The predicted molar refractivity (Wildman–Crippen MR) is 76.6 cm³/mol. The van der Waals surface area contributed by atoms with E-state index in [0.29, 0.717) is 28.8 Å². The number of rotatable bonds is 5. The number of nitrogens with one attached hydrogen (secondary N) is 1. The Labute approximate surface area is 112 Å². The molecule has 0 saturated heterocycles. The molecule has 1 amide bonds. The van der Waals surface area contributed by atoms with Gasteiger partial charge in [0.05, 0.1) is 12.2 Å². The molecule has 1 aliphatic carbocycles. The predicted octanol–water partition coefficient (Wildman–Crippen LogP) is 1.35. The third-order valence-corrected chi connectivity index (χ3v) is 3.25. The summed E-state index contributed by atoms with van der Waals surface area (Å²) in [6.07, 6.45) is 2.38. The zero-order valence-electron chi connectivity index (χ0n) is 10.3. The van der Waals surface area contributed by atoms with Crippen LogP contribution in [0.25, 0.3) is 0 Å². The Morgan fingerprint density at radius 2 is 2.17 bits per heavy atom. The molecule has 3 N–H and O–H groups in total. The maximum absolute atomic E-state index is 11.9. The molecule has 96 valence electrons. The minimum absolute atomic E-state index is 0.0342. The second-order valence-corrected chi connectivity index (χ2v) is 5.04. The number of amides is 1. The van der Waals surface area contributed by atoms with Crippen LogP contribution in [0.4, 0.5) is 5.69 Å². The lowest BCUT2D eigenvalue weighted by Crippen LogP contribution is -2.32. The molecule has 0 spiro atoms. The molecule has 0 bridgehead atoms. The van der Waals surface area contributed by atoms with E-state index in [0.717, 1.165) is 0 Å². The minimum atomic E-state index is -0.0342. The summed E-state index contributed by atoms with van der Waals surface area (Å²) in [6.45, 7) is 0.399. The average Bonchev–Trinajstić information content (AvgIpc) is 3.12. The van der Waals surface area contributed by atoms with Crippen LogP contribution in [0.3, 0.4) is 0 Å². The molecule has 0 radical (unpaired) electrons. The van der Waals surface area contributed by atoms with Crippen molar-refractivity contribution in [3.8, 4) is 0 Å². The molecule has 1 aromatic carbocycles. The second-order valence-electron chi connectivity index (χ2n) is 4.60. The van der Waals surface area contributed by atoms with Gasteiger partial charge >= 0.3 is 0 Å². The van der Waals surface area contributed by atoms with Gasteiger partial charge in [0.2, 0.25) is 5.91 Å². The number of anilines is 1. The van der Waals surface area contributed by atoms with Crippen molar-refractivity contribution in [3.05, 3.63) is 29.8 Å². The van der Waals surface area contributed by atoms with Crippen LogP contribution in [0.15, 0.2) is 24.3 Å². The highest BCUT2D eigenvalue weighted by molar-refractivity contribution is 7.80. The Morgan fingerprint density at radius 3 is 2.78 bits per heavy atom. The number of nitrogens with two attached hydrogens (primary N) is 1. The molecule has 4 nitrogen and oxygen atoms in total. The van der Waals surface area contributed by atoms with Crippen molar-refractivity contribution in [2.45, 2.75) is 18.9 Å². The molecule has 2 rings (SSSR count). The summed E-state index contributed by atoms with van der Waals surface area (Å²) in [4.78, 5) is 14.3. The summed E-state index contributed by atoms with van der Waals surface area (Å²) in [7, 11) is 1.97. The van der Waals surface area contributed by atoms with Crippen molar-refractivity contribution < 1.29 is 4.79 Å². The Bertz CT molecular complexity index is 471. The topological polar surface area (TPSA) is 58.4 Å². The number of hydrogen-bond donors (Lipinski definition) is 2. The van der Waals surface area contributed by atoms with E-state index in [2.05, 4.69) is 10.2 Å². The SMILES string of the molecule is CN(CC(=O)Nc1ccccc1C(N)=S)C1CC1. The van der Waals surface area contributed by atoms with Crippen LogP contribution in [-0.4, -0.2) is 35.4 Å². The van der Waals surface area contributed by atoms with Gasteiger partial charge in [-0.2, -0.15) is 0 Å². The number of nitrogens with zero attached hydrogens (tertiary/aromatic N) is 1. The van der Waals surface area contributed by atoms with Crippen molar-refractivity contribution in [3.63, 3.8) is 0 Å². The number of carbonyl (C=O) groups is 1. The molecule has 0 atom stereocenters. The summed E-state index contributed by atoms with van der Waals surface area (Å²) in [6, 6.07) is 7.88. The maximum atomic E-state index is 11.9. The second kappa shape index (κ2) is 5.46. The first kappa shape index (κ1) is 13.0. The first-order chi connectivity index (χ1) is 8.58. The van der Waals surface area contributed by atoms with Crippen LogP contribution in [0.2, 0.25) is 0 Å². The van der Waals surface area contributed by atoms with Crippen LogP contribution in [0.1, 0.15) is 18.4 Å². The fraction of sp³-hybridized carbons (Fsp3) is 0.385. The first-order valence-electron chi connectivity index (χ1n) is 5.97. The van der Waals surface area contributed by atoms with Gasteiger partial charge in [-0.25, -0.2) is 0 Å². The first-order valence-corrected chi connectivity index (χ1v) is 6.37. The third-order valence-electron chi connectivity index (χ3n) is 3.03. The lowest BCUT2D eigenvalue weighted by Gasteiger charge is -2.16. The van der Waals surface area contributed by atoms with Crippen LogP contribution < -0.4 is 11.1 Å². The highest BCUT2D eigenvalue weighted by Crippen LogP contribution is 2.25. The smallest absolute Gasteiger partial charge is 0.238 e. The maximum Gasteiger partial charge on any atom is 0.238 e. The summed E-state index contributed by atoms with van der Waals surface area (Å²) < 4.78 is 0. The van der Waals surface area contributed by atoms with Crippen molar-refractivity contribution in [2.24, 2.45) is 5.73 Å². The fourth-order valence-corrected chi connectivity index (χ4v) is 2.05. The molecule has 1 fully saturated rings. The molecule has 18 heavy (non-hydrogen) atoms. The van der Waals surface area contributed by atoms with Crippen molar-refractivity contribution >= 4 is 28.8 Å². The van der Waals surface area contributed by atoms with Gasteiger partial charge in [-0.05, 0) is 32.0 Å². The zero-order valence-corrected chi connectivity index (χ0v) is 11.2. The Hall–Kier alpha value is -1.46. The molecule has 1 saturated carbocycles. The van der Waals surface area contributed by atoms with E-state index in [1.807, 2.05) is 31.3 Å². The summed E-state index contributed by atoms with van der Waals surface area (Å²) >= 11 is 4.96. The van der Waals surface area contributed by atoms with E-state index < -0.39 is 0 Å². The van der Waals surface area contributed by atoms with Crippen molar-refractivity contribution in [1.82, 2.24) is 4.90 Å². The van der Waals surface area contributed by atoms with Gasteiger partial charge in [0.1, 0.15) is 4.99 Å². The van der Waals surface area contributed by atoms with E-state index in [9.17, 15) is 4.79 Å². The van der Waals surface area contributed by atoms with Gasteiger partial charge in [0.25, 0.3) is 0 Å². The average molecular weight is 263 g/mol. The molecule has 1 aliphatic rings. The molecule has 5 heteroatoms. The standard InChI is InChI=1S/C13H17N3OS/c1-16(9-6-7-9)8-12(17)15-11-5-3-2-4-10(11)13(14)18/h2-5,9H,6-8H2,1H3,(H2,14,18)(H,15,17). The van der Waals surface area contributed by atoms with E-state index in [1.165, 1.54) is 12.8 Å². The molecule has 0 aromatic heterocycles. The quantitative estimate of drug-likeness (QED) is 0.787. The molecule has 1 aromatic rings. The lowest BCUT2D eigenvalue weighted by atomic mass is 10.2. The van der Waals surface area contributed by atoms with Crippen molar-refractivity contribution in [1.29, 1.82) is 0 Å². The van der Waals surface area contributed by atoms with E-state index >= 15 is 0 Å². The zero-order chi connectivity index (χ0) is 13.1. The van der Waals surface area contributed by atoms with Gasteiger partial charge in [0.15, 0.2) is 0 Å². The van der Waals surface area contributed by atoms with Crippen molar-refractivity contribution in [2.75, 3.05) is 18.9 Å². The molecule has 0 heterocycles. The highest BCUT2D eigenvalue weighted by Gasteiger charge is 2.27. The molecule has 0 unspecified atom stereocenters. The largest absolute Gasteiger partial charge is 0.389 e. The van der Waals surface area contributed by atoms with E-state index in [4.69, 9.17) is 18.0 Å². The molecule has 0 aliphatic heterocycles. The summed E-state index contributed by atoms with van der Waals surface area (Å²) in [5.74, 6) is -0.0342. The Morgan fingerprint density at radius 1 is 1.50 bits per heavy atom. The van der Waals surface area contributed by atoms with E-state index in [1.54, 1.807) is 0 Å². The normalized spacial score (nSPS) is 14.6. The van der Waals surface area contributed by atoms with Gasteiger partial charge in [-0.3, -0.25) is 9.69 Å². The number of carbonyl (C=O) groups excluding carboxylic acids is 1. The molecular formula is C13H17N3OS. The number of hydrogen-bond acceptors (Lipinski definition) is 3. The third kappa shape index (κ3) is 3.27. The van der Waals surface area contributed by atoms with Gasteiger partial charge in [-0.15, -0.1) is 0 Å². The monoisotopic (exact) mass is 263 g/mol. The minimum Gasteiger partial charge on any atom is -0.389 e. The fourth-order valence-electron chi connectivity index (χ4n) is 1.87. The Balaban J connectivity index is 1.99. The van der Waals surface area contributed by atoms with E-state index in [-0.39, 0.29) is 5.91 Å². The number of thiocarbonyl (C=S) groups is 1. The van der Waals surface area contributed by atoms with Gasteiger partial charge in [-0.1, -0.05) is 24.4 Å². The summed E-state index contributed by atoms with van der Waals surface area (Å²) in [5.41, 5.74) is 7.00. The highest BCUT2D eigenvalue weighted by atomic mass is 32.1. The number of benzene rings is 1. The van der Waals surface area contributed by atoms with Crippen LogP contribution in [0, 0.1) is 0 Å². The lowest BCUT2D eigenvalue weighted by molar-refractivity contribution is -0.117.